The van der Waals surface area contributed by atoms with Crippen molar-refractivity contribution in [3.05, 3.63) is 124 Å². The van der Waals surface area contributed by atoms with Crippen LogP contribution in [-0.2, 0) is 17.6 Å². The number of hydrogen-bond donors (Lipinski definition) is 3. The van der Waals surface area contributed by atoms with Crippen LogP contribution in [0.3, 0.4) is 0 Å². The van der Waals surface area contributed by atoms with Gasteiger partial charge in [-0.2, -0.15) is 0 Å². The van der Waals surface area contributed by atoms with Crippen LogP contribution in [0.1, 0.15) is 27.2 Å². The average Bonchev–Trinajstić information content (AvgIpc) is 3.35. The van der Waals surface area contributed by atoms with Crippen molar-refractivity contribution < 1.29 is 28.6 Å². The van der Waals surface area contributed by atoms with Crippen LogP contribution in [-0.4, -0.2) is 28.1 Å². The molecular formula is C31H23ClFNO5. The number of hydrogen-bond acceptors (Lipinski definition) is 4. The van der Waals surface area contributed by atoms with Crippen molar-refractivity contribution in [1.82, 2.24) is 5.32 Å². The number of phenols is 1. The Morgan fingerprint density at radius 1 is 0.872 bits per heavy atom. The van der Waals surface area contributed by atoms with E-state index < -0.39 is 17.9 Å². The van der Waals surface area contributed by atoms with Crippen molar-refractivity contribution in [3.8, 4) is 16.9 Å². The normalized spacial score (nSPS) is 11.8. The summed E-state index contributed by atoms with van der Waals surface area (Å²) >= 11 is 5.98. The fraction of sp³-hybridized carbons (Fsp3) is 0.0968. The van der Waals surface area contributed by atoms with Gasteiger partial charge in [0.05, 0.1) is 0 Å². The van der Waals surface area contributed by atoms with Gasteiger partial charge in [-0.3, -0.25) is 4.79 Å². The number of carbonyl (C=O) groups is 2. The lowest BCUT2D eigenvalue weighted by atomic mass is 9.95. The lowest BCUT2D eigenvalue weighted by molar-refractivity contribution is -0.139. The Bertz CT molecular complexity index is 1660. The topological polar surface area (TPSA) is 99.8 Å². The molecule has 0 aliphatic heterocycles. The number of rotatable bonds is 8. The Kier molecular flexibility index (Phi) is 7.34. The number of phenolic OH excluding ortho intramolecular Hbond substituents is 1. The number of nitrogens with one attached hydrogen (secondary N) is 1. The Balaban J connectivity index is 1.35. The van der Waals surface area contributed by atoms with Crippen LogP contribution in [0.5, 0.6) is 5.75 Å². The number of furan rings is 1. The van der Waals surface area contributed by atoms with E-state index in [4.69, 9.17) is 16.0 Å². The van der Waals surface area contributed by atoms with Gasteiger partial charge in [-0.25, -0.2) is 9.18 Å². The number of carbonyl (C=O) groups excluding carboxylic acids is 1. The highest BCUT2D eigenvalue weighted by atomic mass is 35.5. The van der Waals surface area contributed by atoms with Gasteiger partial charge in [0.2, 0.25) is 0 Å². The standard InChI is InChI=1S/C31H23ClFNO5/c32-24-8-5-19(6-9-24)21-3-4-22-17-29(39-28(22)16-21)30(36)34-27(31(37)38)15-20-7-12-26(35)14-23(20)13-18-1-10-25(33)11-2-18/h1-12,14,16-17,27,35H,13,15H2,(H,34,36)(H,37,38)/t27-/m0/s1. The zero-order valence-corrected chi connectivity index (χ0v) is 21.3. The summed E-state index contributed by atoms with van der Waals surface area (Å²) in [4.78, 5) is 25.1. The molecule has 3 N–H and O–H groups in total. The quantitative estimate of drug-likeness (QED) is 0.204. The highest BCUT2D eigenvalue weighted by Gasteiger charge is 2.24. The Morgan fingerprint density at radius 3 is 2.31 bits per heavy atom. The molecule has 0 unspecified atom stereocenters. The average molecular weight is 544 g/mol. The molecule has 0 radical (unpaired) electrons. The predicted octanol–water partition coefficient (Wildman–Crippen LogP) is 6.61. The van der Waals surface area contributed by atoms with E-state index in [1.807, 2.05) is 30.3 Å². The van der Waals surface area contributed by atoms with E-state index in [-0.39, 0.29) is 23.7 Å². The summed E-state index contributed by atoms with van der Waals surface area (Å²) in [5.41, 5.74) is 4.38. The number of aliphatic carboxylic acids is 1. The van der Waals surface area contributed by atoms with E-state index in [0.29, 0.717) is 33.5 Å². The summed E-state index contributed by atoms with van der Waals surface area (Å²) in [6, 6.07) is 23.7. The van der Waals surface area contributed by atoms with E-state index in [9.17, 15) is 24.2 Å². The number of benzene rings is 4. The van der Waals surface area contributed by atoms with Crippen LogP contribution < -0.4 is 5.32 Å². The van der Waals surface area contributed by atoms with E-state index in [2.05, 4.69) is 5.32 Å². The van der Waals surface area contributed by atoms with Crippen LogP contribution in [0, 0.1) is 5.82 Å². The van der Waals surface area contributed by atoms with Crippen molar-refractivity contribution in [2.45, 2.75) is 18.9 Å². The second-order valence-corrected chi connectivity index (χ2v) is 9.63. The summed E-state index contributed by atoms with van der Waals surface area (Å²) < 4.78 is 19.1. The molecule has 0 fully saturated rings. The number of amides is 1. The third-order valence-corrected chi connectivity index (χ3v) is 6.70. The van der Waals surface area contributed by atoms with Crippen LogP contribution in [0.25, 0.3) is 22.1 Å². The highest BCUT2D eigenvalue weighted by molar-refractivity contribution is 6.30. The molecule has 1 amide bonds. The van der Waals surface area contributed by atoms with Gasteiger partial charge in [0.1, 0.15) is 23.2 Å². The van der Waals surface area contributed by atoms with Crippen molar-refractivity contribution in [2.75, 3.05) is 0 Å². The number of halogens is 2. The molecule has 5 aromatic rings. The van der Waals surface area contributed by atoms with Gasteiger partial charge in [0.15, 0.2) is 5.76 Å². The van der Waals surface area contributed by atoms with Gasteiger partial charge in [-0.05, 0) is 82.8 Å². The highest BCUT2D eigenvalue weighted by Crippen LogP contribution is 2.28. The molecule has 5 rings (SSSR count). The second-order valence-electron chi connectivity index (χ2n) is 9.19. The van der Waals surface area contributed by atoms with Crippen LogP contribution in [0.4, 0.5) is 4.39 Å². The molecule has 0 aliphatic rings. The summed E-state index contributed by atoms with van der Waals surface area (Å²) in [5.74, 6) is -2.24. The van der Waals surface area contributed by atoms with Crippen molar-refractivity contribution >= 4 is 34.4 Å². The molecule has 0 saturated carbocycles. The fourth-order valence-electron chi connectivity index (χ4n) is 4.41. The minimum Gasteiger partial charge on any atom is -0.508 e. The largest absolute Gasteiger partial charge is 0.508 e. The zero-order valence-electron chi connectivity index (χ0n) is 20.5. The molecule has 1 heterocycles. The first-order chi connectivity index (χ1) is 18.7. The molecule has 0 bridgehead atoms. The molecule has 4 aromatic carbocycles. The minimum absolute atomic E-state index is 0.0123. The Labute approximate surface area is 228 Å². The van der Waals surface area contributed by atoms with E-state index >= 15 is 0 Å². The number of fused-ring (bicyclic) bond motifs is 1. The van der Waals surface area contributed by atoms with Gasteiger partial charge < -0.3 is 19.9 Å². The maximum absolute atomic E-state index is 13.3. The van der Waals surface area contributed by atoms with Gasteiger partial charge in [0, 0.05) is 16.8 Å². The third-order valence-electron chi connectivity index (χ3n) is 6.45. The molecule has 39 heavy (non-hydrogen) atoms. The maximum Gasteiger partial charge on any atom is 0.326 e. The monoisotopic (exact) mass is 543 g/mol. The second kappa shape index (κ2) is 11.0. The molecule has 1 aromatic heterocycles. The SMILES string of the molecule is O=C(N[C@@H](Cc1ccc(O)cc1Cc1ccc(F)cc1)C(=O)O)c1cc2ccc(-c3ccc(Cl)cc3)cc2o1. The van der Waals surface area contributed by atoms with Crippen LogP contribution >= 0.6 is 11.6 Å². The van der Waals surface area contributed by atoms with E-state index in [1.54, 1.807) is 36.4 Å². The van der Waals surface area contributed by atoms with E-state index in [0.717, 1.165) is 16.7 Å². The summed E-state index contributed by atoms with van der Waals surface area (Å²) in [6.45, 7) is 0. The first-order valence-corrected chi connectivity index (χ1v) is 12.5. The van der Waals surface area contributed by atoms with Crippen molar-refractivity contribution in [2.24, 2.45) is 0 Å². The molecule has 0 spiro atoms. The fourth-order valence-corrected chi connectivity index (χ4v) is 4.54. The zero-order chi connectivity index (χ0) is 27.5. The van der Waals surface area contributed by atoms with Crippen LogP contribution in [0.15, 0.2) is 95.4 Å². The summed E-state index contributed by atoms with van der Waals surface area (Å²) in [5, 5.41) is 23.8. The number of aromatic hydroxyl groups is 1. The summed E-state index contributed by atoms with van der Waals surface area (Å²) in [7, 11) is 0. The summed E-state index contributed by atoms with van der Waals surface area (Å²) in [6.07, 6.45) is 0.322. The molecular weight excluding hydrogens is 521 g/mol. The van der Waals surface area contributed by atoms with Crippen LogP contribution in [0.2, 0.25) is 5.02 Å². The predicted molar refractivity (Wildman–Crippen MR) is 147 cm³/mol. The molecule has 8 heteroatoms. The first-order valence-electron chi connectivity index (χ1n) is 12.1. The number of carboxylic acids is 1. The molecule has 0 saturated heterocycles. The molecule has 1 atom stereocenters. The third kappa shape index (κ3) is 6.10. The van der Waals surface area contributed by atoms with Gasteiger partial charge in [-0.15, -0.1) is 0 Å². The Hall–Kier alpha value is -4.62. The molecule has 0 aliphatic carbocycles. The Morgan fingerprint density at radius 2 is 1.59 bits per heavy atom. The number of carboxylic acid groups (broad SMARTS) is 1. The van der Waals surface area contributed by atoms with E-state index in [1.165, 1.54) is 24.3 Å². The van der Waals surface area contributed by atoms with Crippen molar-refractivity contribution in [3.63, 3.8) is 0 Å². The van der Waals surface area contributed by atoms with Gasteiger partial charge >= 0.3 is 5.97 Å². The van der Waals surface area contributed by atoms with Gasteiger partial charge in [0.25, 0.3) is 5.91 Å². The lowest BCUT2D eigenvalue weighted by Crippen LogP contribution is -2.42. The smallest absolute Gasteiger partial charge is 0.326 e. The molecule has 6 nitrogen and oxygen atoms in total. The maximum atomic E-state index is 13.3. The molecule has 196 valence electrons. The first kappa shape index (κ1) is 26.0. The van der Waals surface area contributed by atoms with Crippen molar-refractivity contribution in [1.29, 1.82) is 0 Å². The van der Waals surface area contributed by atoms with Gasteiger partial charge in [-0.1, -0.05) is 54.1 Å². The minimum atomic E-state index is -1.26. The lowest BCUT2D eigenvalue weighted by Gasteiger charge is -2.17.